The number of benzene rings is 1. The van der Waals surface area contributed by atoms with E-state index in [1.165, 1.54) is 23.5 Å². The molecule has 0 aliphatic carbocycles. The number of rotatable bonds is 4. The van der Waals surface area contributed by atoms with Crippen molar-refractivity contribution in [3.05, 3.63) is 50.9 Å². The van der Waals surface area contributed by atoms with Gasteiger partial charge in [0.05, 0.1) is 4.90 Å². The molecule has 0 bridgehead atoms. The molecule has 1 aromatic heterocycles. The minimum absolute atomic E-state index is 0.0524. The smallest absolute Gasteiger partial charge is 0.207 e. The zero-order chi connectivity index (χ0) is 13.2. The molecule has 7 heteroatoms. The molecule has 0 saturated carbocycles. The van der Waals surface area contributed by atoms with E-state index in [-0.39, 0.29) is 11.4 Å². The Bertz CT molecular complexity index is 637. The molecule has 0 unspecified atom stereocenters. The molecule has 0 aliphatic rings. The van der Waals surface area contributed by atoms with Gasteiger partial charge < -0.3 is 0 Å². The molecule has 2 rings (SSSR count). The fourth-order valence-corrected chi connectivity index (χ4v) is 3.83. The van der Waals surface area contributed by atoms with Crippen LogP contribution in [0.3, 0.4) is 0 Å². The zero-order valence-electron chi connectivity index (χ0n) is 9.06. The lowest BCUT2D eigenvalue weighted by molar-refractivity contribution is 0.581. The Balaban J connectivity index is 2.13. The first-order valence-corrected chi connectivity index (χ1v) is 8.12. The van der Waals surface area contributed by atoms with Crippen molar-refractivity contribution in [1.82, 2.24) is 4.72 Å². The highest BCUT2D eigenvalue weighted by Crippen LogP contribution is 2.22. The molecule has 3 nitrogen and oxygen atoms in total. The summed E-state index contributed by atoms with van der Waals surface area (Å²) in [5, 5.41) is 1.87. The van der Waals surface area contributed by atoms with Crippen molar-refractivity contribution in [2.24, 2.45) is 0 Å². The molecule has 1 aromatic carbocycles. The van der Waals surface area contributed by atoms with E-state index in [9.17, 15) is 12.8 Å². The summed E-state index contributed by atoms with van der Waals surface area (Å²) in [6, 6.07) is 6.57. The molecular formula is C11H9BrFNO2S2. The van der Waals surface area contributed by atoms with Crippen molar-refractivity contribution < 1.29 is 12.8 Å². The molecule has 0 atom stereocenters. The maximum Gasteiger partial charge on any atom is 0.240 e. The molecular weight excluding hydrogens is 341 g/mol. The van der Waals surface area contributed by atoms with Gasteiger partial charge in [-0.05, 0) is 51.6 Å². The Morgan fingerprint density at radius 2 is 1.89 bits per heavy atom. The molecule has 0 radical (unpaired) electrons. The summed E-state index contributed by atoms with van der Waals surface area (Å²) < 4.78 is 39.9. The van der Waals surface area contributed by atoms with Gasteiger partial charge in [0, 0.05) is 15.9 Å². The van der Waals surface area contributed by atoms with Crippen LogP contribution in [0.15, 0.2) is 45.1 Å². The Labute approximate surface area is 117 Å². The number of hydrogen-bond acceptors (Lipinski definition) is 3. The molecule has 0 saturated heterocycles. The van der Waals surface area contributed by atoms with Gasteiger partial charge in [-0.15, -0.1) is 11.3 Å². The van der Waals surface area contributed by atoms with Crippen molar-refractivity contribution in [2.45, 2.75) is 11.4 Å². The molecule has 0 spiro atoms. The summed E-state index contributed by atoms with van der Waals surface area (Å²) in [4.78, 5) is 0.942. The standard InChI is InChI=1S/C11H9BrFNO2S2/c12-10-5-6-17-11(10)7-14-18(15,16)9-3-1-8(13)2-4-9/h1-6,14H,7H2. The molecule has 0 amide bonds. The highest BCUT2D eigenvalue weighted by Gasteiger charge is 2.14. The van der Waals surface area contributed by atoms with Crippen molar-refractivity contribution in [2.75, 3.05) is 0 Å². The van der Waals surface area contributed by atoms with E-state index < -0.39 is 15.8 Å². The normalized spacial score (nSPS) is 11.7. The quantitative estimate of drug-likeness (QED) is 0.921. The topological polar surface area (TPSA) is 46.2 Å². The Kier molecular flexibility index (Phi) is 4.16. The first-order valence-electron chi connectivity index (χ1n) is 4.96. The largest absolute Gasteiger partial charge is 0.240 e. The summed E-state index contributed by atoms with van der Waals surface area (Å²) in [6.45, 7) is 0.206. The van der Waals surface area contributed by atoms with E-state index in [1.807, 2.05) is 11.4 Å². The maximum atomic E-state index is 12.7. The summed E-state index contributed by atoms with van der Waals surface area (Å²) in [5.74, 6) is -0.463. The van der Waals surface area contributed by atoms with Crippen molar-refractivity contribution >= 4 is 37.3 Å². The summed E-state index contributed by atoms with van der Waals surface area (Å²) >= 11 is 4.78. The second kappa shape index (κ2) is 5.48. The van der Waals surface area contributed by atoms with E-state index in [0.717, 1.165) is 21.5 Å². The minimum atomic E-state index is -3.60. The summed E-state index contributed by atoms with van der Waals surface area (Å²) in [5.41, 5.74) is 0. The predicted octanol–water partition coefficient (Wildman–Crippen LogP) is 3.13. The fourth-order valence-electron chi connectivity index (χ4n) is 1.31. The van der Waals surface area contributed by atoms with Gasteiger partial charge in [0.1, 0.15) is 5.82 Å². The highest BCUT2D eigenvalue weighted by molar-refractivity contribution is 9.10. The average Bonchev–Trinajstić information content (AvgIpc) is 2.73. The maximum absolute atomic E-state index is 12.7. The van der Waals surface area contributed by atoms with Gasteiger partial charge >= 0.3 is 0 Å². The van der Waals surface area contributed by atoms with Crippen LogP contribution in [0.25, 0.3) is 0 Å². The summed E-state index contributed by atoms with van der Waals surface area (Å²) in [7, 11) is -3.60. The van der Waals surface area contributed by atoms with E-state index in [0.29, 0.717) is 0 Å². The SMILES string of the molecule is O=S(=O)(NCc1sccc1Br)c1ccc(F)cc1. The molecule has 0 fully saturated rings. The molecule has 96 valence electrons. The Hall–Kier alpha value is -0.760. The van der Waals surface area contributed by atoms with Crippen LogP contribution in [0.4, 0.5) is 4.39 Å². The first-order chi connectivity index (χ1) is 8.49. The van der Waals surface area contributed by atoms with Gasteiger partial charge in [-0.3, -0.25) is 0 Å². The van der Waals surface area contributed by atoms with Crippen LogP contribution in [0.1, 0.15) is 4.88 Å². The fraction of sp³-hybridized carbons (Fsp3) is 0.0909. The second-order valence-corrected chi connectivity index (χ2v) is 7.09. The van der Waals surface area contributed by atoms with Gasteiger partial charge in [0.15, 0.2) is 0 Å². The third-order valence-corrected chi connectivity index (χ3v) is 5.58. The van der Waals surface area contributed by atoms with Crippen LogP contribution in [-0.2, 0) is 16.6 Å². The molecule has 2 aromatic rings. The lowest BCUT2D eigenvalue weighted by Crippen LogP contribution is -2.22. The van der Waals surface area contributed by atoms with Crippen LogP contribution >= 0.6 is 27.3 Å². The van der Waals surface area contributed by atoms with Gasteiger partial charge in [0.25, 0.3) is 0 Å². The number of hydrogen-bond donors (Lipinski definition) is 1. The van der Waals surface area contributed by atoms with E-state index in [4.69, 9.17) is 0 Å². The van der Waals surface area contributed by atoms with Crippen LogP contribution in [0, 0.1) is 5.82 Å². The van der Waals surface area contributed by atoms with Gasteiger partial charge in [-0.2, -0.15) is 0 Å². The molecule has 1 N–H and O–H groups in total. The Morgan fingerprint density at radius 3 is 2.44 bits per heavy atom. The first kappa shape index (κ1) is 13.7. The van der Waals surface area contributed by atoms with Crippen LogP contribution in [0.2, 0.25) is 0 Å². The molecule has 1 heterocycles. The third kappa shape index (κ3) is 3.17. The average molecular weight is 350 g/mol. The highest BCUT2D eigenvalue weighted by atomic mass is 79.9. The zero-order valence-corrected chi connectivity index (χ0v) is 12.3. The number of sulfonamides is 1. The van der Waals surface area contributed by atoms with Crippen molar-refractivity contribution in [3.8, 4) is 0 Å². The number of thiophene rings is 1. The second-order valence-electron chi connectivity index (χ2n) is 3.47. The van der Waals surface area contributed by atoms with Crippen molar-refractivity contribution in [1.29, 1.82) is 0 Å². The molecule has 0 aliphatic heterocycles. The van der Waals surface area contributed by atoms with Crippen LogP contribution in [-0.4, -0.2) is 8.42 Å². The van der Waals surface area contributed by atoms with Crippen LogP contribution in [0.5, 0.6) is 0 Å². The van der Waals surface area contributed by atoms with E-state index in [2.05, 4.69) is 20.7 Å². The predicted molar refractivity (Wildman–Crippen MR) is 72.4 cm³/mol. The van der Waals surface area contributed by atoms with E-state index in [1.54, 1.807) is 0 Å². The Morgan fingerprint density at radius 1 is 1.22 bits per heavy atom. The monoisotopic (exact) mass is 349 g/mol. The van der Waals surface area contributed by atoms with Gasteiger partial charge in [-0.1, -0.05) is 0 Å². The van der Waals surface area contributed by atoms with Crippen LogP contribution < -0.4 is 4.72 Å². The number of nitrogens with one attached hydrogen (secondary N) is 1. The van der Waals surface area contributed by atoms with Gasteiger partial charge in [-0.25, -0.2) is 17.5 Å². The third-order valence-electron chi connectivity index (χ3n) is 2.24. The lowest BCUT2D eigenvalue weighted by atomic mass is 10.4. The lowest BCUT2D eigenvalue weighted by Gasteiger charge is -2.05. The number of halogens is 2. The van der Waals surface area contributed by atoms with Crippen molar-refractivity contribution in [3.63, 3.8) is 0 Å². The molecule has 18 heavy (non-hydrogen) atoms. The summed E-state index contributed by atoms with van der Waals surface area (Å²) in [6.07, 6.45) is 0. The van der Waals surface area contributed by atoms with Gasteiger partial charge in [0.2, 0.25) is 10.0 Å². The van der Waals surface area contributed by atoms with E-state index >= 15 is 0 Å². The minimum Gasteiger partial charge on any atom is -0.207 e.